The van der Waals surface area contributed by atoms with Gasteiger partial charge in [-0.2, -0.15) is 0 Å². The van der Waals surface area contributed by atoms with Crippen molar-refractivity contribution in [3.8, 4) is 11.5 Å². The molecule has 0 aromatic heterocycles. The molecule has 0 aliphatic heterocycles. The molecule has 11 heteroatoms. The van der Waals surface area contributed by atoms with E-state index in [1.165, 1.54) is 32.3 Å². The molecular weight excluding hydrogens is 742 g/mol. The van der Waals surface area contributed by atoms with Crippen LogP contribution in [0.1, 0.15) is 101 Å². The first kappa shape index (κ1) is 42.3. The molecule has 0 saturated heterocycles. The quantitative estimate of drug-likeness (QED) is 0.0447. The monoisotopic (exact) mass is 787 g/mol. The molecule has 0 radical (unpaired) electrons. The third kappa shape index (κ3) is 8.10. The number of benzene rings is 3. The first-order valence-corrected chi connectivity index (χ1v) is 17.7. The highest BCUT2D eigenvalue weighted by molar-refractivity contribution is 9.10. The molecule has 3 rings (SSSR count). The number of ether oxygens (including phenoxy) is 3. The fourth-order valence-corrected chi connectivity index (χ4v) is 7.29. The standard InChI is InChI=1S/C42H46BrNO9/c1-14-16-32(51-13)37(30(46)15-2)42(49)53-40-27(11)26(10)36(39(44-50)38(40)43)41(48)52-33-17-19(3)34(25(9)22(33)6)31(47)18-29-20(4)23(7)35(28(12)45)24(8)21(29)5/h14-17,37,46H,1,18H2,2-13H3/b30-15?,32-16+. The van der Waals surface area contributed by atoms with Crippen molar-refractivity contribution in [2.45, 2.75) is 82.6 Å². The number of esters is 2. The summed E-state index contributed by atoms with van der Waals surface area (Å²) in [6, 6.07) is 1.61. The largest absolute Gasteiger partial charge is 0.511 e. The van der Waals surface area contributed by atoms with Crippen LogP contribution in [0.2, 0.25) is 0 Å². The number of aliphatic hydroxyl groups excluding tert-OH is 1. The molecule has 0 spiro atoms. The minimum Gasteiger partial charge on any atom is -0.511 e. The number of nitroso groups, excluding NO2 is 1. The third-order valence-electron chi connectivity index (χ3n) is 10.1. The van der Waals surface area contributed by atoms with Crippen LogP contribution < -0.4 is 9.47 Å². The molecule has 0 amide bonds. The van der Waals surface area contributed by atoms with Crippen molar-refractivity contribution in [2.75, 3.05) is 7.11 Å². The topological polar surface area (TPSA) is 146 Å². The Kier molecular flexibility index (Phi) is 13.6. The van der Waals surface area contributed by atoms with E-state index in [1.807, 2.05) is 27.7 Å². The summed E-state index contributed by atoms with van der Waals surface area (Å²) in [5.41, 5.74) is 7.46. The SMILES string of the molecule is C=C/C=C(/OC)C(C(=O)Oc1c(C)c(C)c(C(=O)Oc2cc(C)c(C(=O)Cc3c(C)c(C)c(C(C)=O)c(C)c3C)c(C)c2C)c(N=O)c1Br)C(O)=CC. The van der Waals surface area contributed by atoms with E-state index in [2.05, 4.69) is 27.7 Å². The van der Waals surface area contributed by atoms with Gasteiger partial charge in [0.05, 0.1) is 17.1 Å². The summed E-state index contributed by atoms with van der Waals surface area (Å²) in [4.78, 5) is 65.7. The average molecular weight is 789 g/mol. The van der Waals surface area contributed by atoms with E-state index in [9.17, 15) is 29.2 Å². The number of aliphatic hydroxyl groups is 1. The molecular formula is C42H46BrNO9. The summed E-state index contributed by atoms with van der Waals surface area (Å²) >= 11 is 3.30. The van der Waals surface area contributed by atoms with Gasteiger partial charge in [0, 0.05) is 17.5 Å². The predicted molar refractivity (Wildman–Crippen MR) is 209 cm³/mol. The van der Waals surface area contributed by atoms with Crippen LogP contribution in [0, 0.1) is 73.1 Å². The second kappa shape index (κ2) is 17.1. The number of halogens is 1. The molecule has 0 saturated carbocycles. The van der Waals surface area contributed by atoms with Crippen LogP contribution in [-0.2, 0) is 16.0 Å². The Labute approximate surface area is 319 Å². The molecule has 1 atom stereocenters. The van der Waals surface area contributed by atoms with Gasteiger partial charge in [-0.3, -0.25) is 14.4 Å². The summed E-state index contributed by atoms with van der Waals surface area (Å²) in [5.74, 6) is -3.45. The first-order valence-electron chi connectivity index (χ1n) is 16.9. The minimum absolute atomic E-state index is 0.0161. The number of allylic oxidation sites excluding steroid dienone is 3. The summed E-state index contributed by atoms with van der Waals surface area (Å²) in [7, 11) is 1.33. The van der Waals surface area contributed by atoms with E-state index in [4.69, 9.17) is 14.2 Å². The van der Waals surface area contributed by atoms with Crippen LogP contribution in [0.4, 0.5) is 5.69 Å². The smallest absolute Gasteiger partial charge is 0.346 e. The lowest BCUT2D eigenvalue weighted by atomic mass is 9.84. The van der Waals surface area contributed by atoms with Crippen LogP contribution in [0.5, 0.6) is 11.5 Å². The fourth-order valence-electron chi connectivity index (χ4n) is 6.64. The maximum atomic E-state index is 13.9. The van der Waals surface area contributed by atoms with Crippen LogP contribution >= 0.6 is 15.9 Å². The molecule has 280 valence electrons. The van der Waals surface area contributed by atoms with Gasteiger partial charge in [0.25, 0.3) is 0 Å². The normalized spacial score (nSPS) is 12.2. The maximum Gasteiger partial charge on any atom is 0.346 e. The van der Waals surface area contributed by atoms with Gasteiger partial charge in [0.15, 0.2) is 23.2 Å². The van der Waals surface area contributed by atoms with Gasteiger partial charge in [-0.1, -0.05) is 12.7 Å². The van der Waals surface area contributed by atoms with Crippen molar-refractivity contribution in [3.05, 3.63) is 124 Å². The number of hydrogen-bond acceptors (Lipinski definition) is 10. The second-order valence-corrected chi connectivity index (χ2v) is 13.8. The minimum atomic E-state index is -1.34. The molecule has 3 aromatic carbocycles. The van der Waals surface area contributed by atoms with Crippen molar-refractivity contribution >= 4 is 45.1 Å². The molecule has 0 aliphatic carbocycles. The summed E-state index contributed by atoms with van der Waals surface area (Å²) < 4.78 is 16.8. The van der Waals surface area contributed by atoms with Crippen LogP contribution in [-0.4, -0.2) is 35.7 Å². The average Bonchev–Trinajstić information content (AvgIpc) is 3.10. The third-order valence-corrected chi connectivity index (χ3v) is 10.8. The zero-order valence-corrected chi connectivity index (χ0v) is 33.9. The number of aryl methyl sites for hydroxylation is 1. The number of nitrogens with zero attached hydrogens (tertiary/aromatic N) is 1. The van der Waals surface area contributed by atoms with E-state index >= 15 is 0 Å². The highest BCUT2D eigenvalue weighted by Crippen LogP contribution is 2.44. The van der Waals surface area contributed by atoms with Crippen molar-refractivity contribution in [3.63, 3.8) is 0 Å². The number of rotatable bonds is 13. The molecule has 3 aromatic rings. The summed E-state index contributed by atoms with van der Waals surface area (Å²) in [6.45, 7) is 22.8. The summed E-state index contributed by atoms with van der Waals surface area (Å²) in [6.07, 6.45) is 4.24. The highest BCUT2D eigenvalue weighted by Gasteiger charge is 2.34. The summed E-state index contributed by atoms with van der Waals surface area (Å²) in [5, 5.41) is 13.6. The molecule has 0 fully saturated rings. The molecule has 53 heavy (non-hydrogen) atoms. The van der Waals surface area contributed by atoms with Gasteiger partial charge in [0.2, 0.25) is 0 Å². The number of carbonyl (C=O) groups is 4. The zero-order valence-electron chi connectivity index (χ0n) is 32.3. The Morgan fingerprint density at radius 3 is 1.89 bits per heavy atom. The van der Waals surface area contributed by atoms with E-state index < -0.39 is 17.9 Å². The van der Waals surface area contributed by atoms with E-state index in [-0.39, 0.29) is 62.3 Å². The molecule has 0 bridgehead atoms. The Balaban J connectivity index is 2.04. The highest BCUT2D eigenvalue weighted by atomic mass is 79.9. The number of carbonyl (C=O) groups excluding carboxylic acids is 4. The number of hydrogen-bond donors (Lipinski definition) is 1. The molecule has 0 aliphatic rings. The van der Waals surface area contributed by atoms with Gasteiger partial charge in [-0.05, 0) is 171 Å². The number of Topliss-reactive ketones (excluding diaryl/α,β-unsaturated/α-hetero) is 2. The van der Waals surface area contributed by atoms with Gasteiger partial charge in [0.1, 0.15) is 23.0 Å². The van der Waals surface area contributed by atoms with Gasteiger partial charge >= 0.3 is 11.9 Å². The van der Waals surface area contributed by atoms with Crippen LogP contribution in [0.15, 0.2) is 52.0 Å². The molecule has 10 nitrogen and oxygen atoms in total. The van der Waals surface area contributed by atoms with Gasteiger partial charge in [-0.15, -0.1) is 4.91 Å². The number of methoxy groups -OCH3 is 1. The van der Waals surface area contributed by atoms with Gasteiger partial charge < -0.3 is 19.3 Å². The lowest BCUT2D eigenvalue weighted by Crippen LogP contribution is -2.26. The molecule has 1 unspecified atom stereocenters. The molecule has 0 heterocycles. The van der Waals surface area contributed by atoms with Crippen molar-refractivity contribution in [1.82, 2.24) is 0 Å². The van der Waals surface area contributed by atoms with Gasteiger partial charge in [-0.25, -0.2) is 4.79 Å². The van der Waals surface area contributed by atoms with Crippen molar-refractivity contribution in [1.29, 1.82) is 0 Å². The Morgan fingerprint density at radius 2 is 1.40 bits per heavy atom. The predicted octanol–water partition coefficient (Wildman–Crippen LogP) is 10.2. The van der Waals surface area contributed by atoms with E-state index in [0.29, 0.717) is 33.4 Å². The fraction of sp³-hybridized carbons (Fsp3) is 0.333. The van der Waals surface area contributed by atoms with Crippen molar-refractivity contribution < 1.29 is 38.5 Å². The maximum absolute atomic E-state index is 13.9. The van der Waals surface area contributed by atoms with E-state index in [1.54, 1.807) is 47.6 Å². The first-order chi connectivity index (χ1) is 24.8. The Morgan fingerprint density at radius 1 is 0.849 bits per heavy atom. The number of ketones is 2. The zero-order chi connectivity index (χ0) is 40.2. The van der Waals surface area contributed by atoms with Crippen LogP contribution in [0.25, 0.3) is 0 Å². The second-order valence-electron chi connectivity index (χ2n) is 13.0. The van der Waals surface area contributed by atoms with Crippen molar-refractivity contribution in [2.24, 2.45) is 11.1 Å². The lowest BCUT2D eigenvalue weighted by molar-refractivity contribution is -0.138. The van der Waals surface area contributed by atoms with Crippen LogP contribution in [0.3, 0.4) is 0 Å². The Hall–Kier alpha value is -5.16. The Bertz CT molecular complexity index is 2110. The van der Waals surface area contributed by atoms with E-state index in [0.717, 1.165) is 27.8 Å². The molecule has 1 N–H and O–H groups in total. The lowest BCUT2D eigenvalue weighted by Gasteiger charge is -2.21.